The first-order valence-corrected chi connectivity index (χ1v) is 7.88. The van der Waals surface area contributed by atoms with E-state index in [0.29, 0.717) is 18.9 Å². The van der Waals surface area contributed by atoms with Crippen molar-refractivity contribution in [2.45, 2.75) is 19.1 Å². The Morgan fingerprint density at radius 1 is 1.13 bits per heavy atom. The van der Waals surface area contributed by atoms with Crippen LogP contribution in [0.25, 0.3) is 0 Å². The molecule has 1 heterocycles. The van der Waals surface area contributed by atoms with Gasteiger partial charge in [-0.05, 0) is 24.6 Å². The van der Waals surface area contributed by atoms with Crippen LogP contribution in [-0.2, 0) is 9.53 Å². The molecular formula is C19H21NO3. The Morgan fingerprint density at radius 2 is 1.78 bits per heavy atom. The van der Waals surface area contributed by atoms with Crippen molar-refractivity contribution in [2.24, 2.45) is 0 Å². The van der Waals surface area contributed by atoms with Crippen molar-refractivity contribution in [2.75, 3.05) is 19.8 Å². The molecule has 3 rings (SSSR count). The first-order valence-electron chi connectivity index (χ1n) is 7.88. The number of para-hydroxylation sites is 1. The average molecular weight is 311 g/mol. The molecule has 23 heavy (non-hydrogen) atoms. The smallest absolute Gasteiger partial charge is 0.260 e. The molecule has 0 saturated carbocycles. The van der Waals surface area contributed by atoms with Crippen LogP contribution in [-0.4, -0.2) is 36.6 Å². The molecule has 1 fully saturated rings. The Hall–Kier alpha value is -2.33. The van der Waals surface area contributed by atoms with E-state index >= 15 is 0 Å². The summed E-state index contributed by atoms with van der Waals surface area (Å²) in [4.78, 5) is 14.4. The molecular weight excluding hydrogens is 290 g/mol. The quantitative estimate of drug-likeness (QED) is 0.871. The fourth-order valence-corrected chi connectivity index (χ4v) is 2.72. The van der Waals surface area contributed by atoms with Crippen LogP contribution in [0.2, 0.25) is 0 Å². The van der Waals surface area contributed by atoms with Crippen LogP contribution >= 0.6 is 0 Å². The summed E-state index contributed by atoms with van der Waals surface area (Å²) in [6.07, 6.45) is -0.0759. The van der Waals surface area contributed by atoms with Gasteiger partial charge in [0, 0.05) is 0 Å². The Labute approximate surface area is 136 Å². The molecule has 0 radical (unpaired) electrons. The first kappa shape index (κ1) is 15.6. The van der Waals surface area contributed by atoms with Crippen molar-refractivity contribution in [1.82, 2.24) is 4.90 Å². The van der Waals surface area contributed by atoms with Crippen molar-refractivity contribution in [3.63, 3.8) is 0 Å². The van der Waals surface area contributed by atoms with E-state index in [1.54, 1.807) is 0 Å². The second-order valence-corrected chi connectivity index (χ2v) is 5.73. The van der Waals surface area contributed by atoms with E-state index in [1.807, 2.05) is 72.5 Å². The number of hydrogen-bond acceptors (Lipinski definition) is 3. The van der Waals surface area contributed by atoms with Crippen molar-refractivity contribution in [1.29, 1.82) is 0 Å². The molecule has 0 spiro atoms. The third-order valence-corrected chi connectivity index (χ3v) is 4.03. The number of amides is 1. The molecule has 4 heteroatoms. The second kappa shape index (κ2) is 7.29. The summed E-state index contributed by atoms with van der Waals surface area (Å²) < 4.78 is 11.5. The van der Waals surface area contributed by atoms with Gasteiger partial charge in [0.1, 0.15) is 11.9 Å². The van der Waals surface area contributed by atoms with Crippen LogP contribution in [0.1, 0.15) is 18.6 Å². The molecule has 1 amide bonds. The van der Waals surface area contributed by atoms with Gasteiger partial charge in [-0.1, -0.05) is 48.5 Å². The molecule has 0 bridgehead atoms. The number of benzene rings is 2. The van der Waals surface area contributed by atoms with Gasteiger partial charge in [0.25, 0.3) is 5.91 Å². The average Bonchev–Trinajstić information content (AvgIpc) is 2.62. The number of rotatable bonds is 4. The van der Waals surface area contributed by atoms with Crippen LogP contribution < -0.4 is 4.74 Å². The highest BCUT2D eigenvalue weighted by Crippen LogP contribution is 2.24. The molecule has 4 nitrogen and oxygen atoms in total. The van der Waals surface area contributed by atoms with Crippen molar-refractivity contribution in [3.8, 4) is 5.75 Å². The minimum Gasteiger partial charge on any atom is -0.484 e. The molecule has 2 atom stereocenters. The lowest BCUT2D eigenvalue weighted by Crippen LogP contribution is -2.49. The largest absolute Gasteiger partial charge is 0.484 e. The molecule has 0 aromatic heterocycles. The predicted molar refractivity (Wildman–Crippen MR) is 88.2 cm³/mol. The summed E-state index contributed by atoms with van der Waals surface area (Å²) in [5.41, 5.74) is 1.10. The van der Waals surface area contributed by atoms with E-state index in [9.17, 15) is 4.79 Å². The zero-order valence-corrected chi connectivity index (χ0v) is 13.2. The number of ether oxygens (including phenoxy) is 2. The van der Waals surface area contributed by atoms with E-state index in [1.165, 1.54) is 0 Å². The number of nitrogens with zero attached hydrogens (tertiary/aromatic N) is 1. The zero-order valence-electron chi connectivity index (χ0n) is 13.2. The first-order chi connectivity index (χ1) is 11.2. The maximum atomic E-state index is 12.5. The summed E-state index contributed by atoms with van der Waals surface area (Å²) in [6.45, 7) is 3.15. The molecule has 1 aliphatic rings. The topological polar surface area (TPSA) is 38.8 Å². The van der Waals surface area contributed by atoms with E-state index in [4.69, 9.17) is 9.47 Å². The minimum atomic E-state index is -0.0759. The maximum absolute atomic E-state index is 12.5. The highest BCUT2D eigenvalue weighted by molar-refractivity contribution is 5.78. The van der Waals surface area contributed by atoms with Gasteiger partial charge in [0.15, 0.2) is 6.61 Å². The fourth-order valence-electron chi connectivity index (χ4n) is 2.72. The number of morpholine rings is 1. The van der Waals surface area contributed by atoms with Gasteiger partial charge in [-0.15, -0.1) is 0 Å². The summed E-state index contributed by atoms with van der Waals surface area (Å²) in [7, 11) is 0. The van der Waals surface area contributed by atoms with Gasteiger partial charge in [-0.3, -0.25) is 4.79 Å². The van der Waals surface area contributed by atoms with Gasteiger partial charge in [-0.25, -0.2) is 0 Å². The van der Waals surface area contributed by atoms with E-state index < -0.39 is 0 Å². The molecule has 0 aliphatic carbocycles. The Balaban J connectivity index is 1.62. The van der Waals surface area contributed by atoms with Crippen LogP contribution in [0.4, 0.5) is 0 Å². The second-order valence-electron chi connectivity index (χ2n) is 5.73. The number of carbonyl (C=O) groups excluding carboxylic acids is 1. The lowest BCUT2D eigenvalue weighted by Gasteiger charge is -2.38. The van der Waals surface area contributed by atoms with E-state index in [2.05, 4.69) is 0 Å². The monoisotopic (exact) mass is 311 g/mol. The lowest BCUT2D eigenvalue weighted by molar-refractivity contribution is -0.146. The van der Waals surface area contributed by atoms with Gasteiger partial charge >= 0.3 is 0 Å². The fraction of sp³-hybridized carbons (Fsp3) is 0.316. The lowest BCUT2D eigenvalue weighted by atomic mass is 10.1. The third kappa shape index (κ3) is 3.90. The minimum absolute atomic E-state index is 0.00872. The van der Waals surface area contributed by atoms with E-state index in [0.717, 1.165) is 5.56 Å². The van der Waals surface area contributed by atoms with Crippen LogP contribution in [0, 0.1) is 0 Å². The standard InChI is InChI=1S/C19H21NO3/c1-15-13-23-18(16-8-4-2-5-9-16)12-20(15)19(21)14-22-17-10-6-3-7-11-17/h2-11,15,18H,12-14H2,1H3. The van der Waals surface area contributed by atoms with Crippen LogP contribution in [0.5, 0.6) is 5.75 Å². The molecule has 1 saturated heterocycles. The maximum Gasteiger partial charge on any atom is 0.260 e. The summed E-state index contributed by atoms with van der Waals surface area (Å²) in [5.74, 6) is 0.701. The normalized spacial score (nSPS) is 21.0. The molecule has 1 aliphatic heterocycles. The van der Waals surface area contributed by atoms with Crippen molar-refractivity contribution >= 4 is 5.91 Å². The van der Waals surface area contributed by atoms with Gasteiger partial charge in [-0.2, -0.15) is 0 Å². The summed E-state index contributed by atoms with van der Waals surface area (Å²) in [6, 6.07) is 19.5. The molecule has 0 N–H and O–H groups in total. The molecule has 2 aromatic rings. The third-order valence-electron chi connectivity index (χ3n) is 4.03. The summed E-state index contributed by atoms with van der Waals surface area (Å²) in [5, 5.41) is 0. The SMILES string of the molecule is CC1COC(c2ccccc2)CN1C(=O)COc1ccccc1. The summed E-state index contributed by atoms with van der Waals surface area (Å²) >= 11 is 0. The predicted octanol–water partition coefficient (Wildman–Crippen LogP) is 3.05. The van der Waals surface area contributed by atoms with Gasteiger partial charge in [0.05, 0.1) is 19.2 Å². The Morgan fingerprint density at radius 3 is 2.48 bits per heavy atom. The zero-order chi connectivity index (χ0) is 16.1. The molecule has 2 unspecified atom stereocenters. The van der Waals surface area contributed by atoms with Gasteiger partial charge in [0.2, 0.25) is 0 Å². The number of carbonyl (C=O) groups is 1. The van der Waals surface area contributed by atoms with E-state index in [-0.39, 0.29) is 24.7 Å². The Kier molecular flexibility index (Phi) is 4.93. The molecule has 120 valence electrons. The van der Waals surface area contributed by atoms with Crippen molar-refractivity contribution in [3.05, 3.63) is 66.2 Å². The van der Waals surface area contributed by atoms with Crippen LogP contribution in [0.3, 0.4) is 0 Å². The molecule has 2 aromatic carbocycles. The number of hydrogen-bond donors (Lipinski definition) is 0. The highest BCUT2D eigenvalue weighted by Gasteiger charge is 2.30. The van der Waals surface area contributed by atoms with Crippen molar-refractivity contribution < 1.29 is 14.3 Å². The van der Waals surface area contributed by atoms with Crippen LogP contribution in [0.15, 0.2) is 60.7 Å². The Bertz CT molecular complexity index is 630. The van der Waals surface area contributed by atoms with Gasteiger partial charge < -0.3 is 14.4 Å². The highest BCUT2D eigenvalue weighted by atomic mass is 16.5.